The Hall–Kier alpha value is -4.64. The fourth-order valence-electron chi connectivity index (χ4n) is 3.86. The number of rotatable bonds is 10. The summed E-state index contributed by atoms with van der Waals surface area (Å²) in [7, 11) is 0. The van der Waals surface area contributed by atoms with E-state index in [2.05, 4.69) is 0 Å². The van der Waals surface area contributed by atoms with Crippen LogP contribution < -0.4 is 18.9 Å². The van der Waals surface area contributed by atoms with E-state index in [1.165, 1.54) is 48.6 Å². The Morgan fingerprint density at radius 2 is 1.11 bits per heavy atom. The van der Waals surface area contributed by atoms with E-state index in [1.54, 1.807) is 38.2 Å². The Morgan fingerprint density at radius 3 is 1.49 bits per heavy atom. The van der Waals surface area contributed by atoms with Crippen LogP contribution in [0.5, 0.6) is 23.0 Å². The van der Waals surface area contributed by atoms with Crippen LogP contribution in [-0.2, 0) is 16.2 Å². The zero-order valence-corrected chi connectivity index (χ0v) is 20.1. The molecule has 2 aliphatic heterocycles. The molecule has 0 fully saturated rings. The second-order valence-corrected chi connectivity index (χ2v) is 7.92. The molecule has 2 aromatic rings. The van der Waals surface area contributed by atoms with Gasteiger partial charge in [-0.25, -0.2) is 4.74 Å². The van der Waals surface area contributed by atoms with E-state index < -0.39 is 21.3 Å². The third-order valence-electron chi connectivity index (χ3n) is 5.68. The SMILES string of the molecule is CC=CC=CC(OC(C=CC=CC)(c1ccc2c(c1)OCO2)[N+](=O)[O-])(c1ccc2c(c1)OCO2)[N+](=O)[O-]. The molecule has 2 unspecified atom stereocenters. The van der Waals surface area contributed by atoms with Gasteiger partial charge in [0.25, 0.3) is 0 Å². The smallest absolute Gasteiger partial charge is 0.377 e. The van der Waals surface area contributed by atoms with Gasteiger partial charge in [0.2, 0.25) is 13.6 Å². The molecule has 4 rings (SSSR count). The fourth-order valence-corrected chi connectivity index (χ4v) is 3.86. The van der Waals surface area contributed by atoms with Crippen LogP contribution in [0.25, 0.3) is 0 Å². The Balaban J connectivity index is 1.96. The number of fused-ring (bicyclic) bond motifs is 2. The zero-order chi connectivity index (χ0) is 26.5. The Kier molecular flexibility index (Phi) is 7.25. The molecule has 2 aliphatic rings. The summed E-state index contributed by atoms with van der Waals surface area (Å²) in [5, 5.41) is 25.6. The molecule has 0 saturated carbocycles. The maximum absolute atomic E-state index is 12.8. The largest absolute Gasteiger partial charge is 0.454 e. The Bertz CT molecular complexity index is 1220. The van der Waals surface area contributed by atoms with Gasteiger partial charge in [-0.3, -0.25) is 20.2 Å². The highest BCUT2D eigenvalue weighted by Gasteiger charge is 2.58. The summed E-state index contributed by atoms with van der Waals surface area (Å²) in [5.74, 6) is 1.29. The van der Waals surface area contributed by atoms with Crippen LogP contribution >= 0.6 is 0 Å². The quantitative estimate of drug-likeness (QED) is 0.188. The molecule has 11 heteroatoms. The van der Waals surface area contributed by atoms with Crippen LogP contribution in [-0.4, -0.2) is 23.4 Å². The van der Waals surface area contributed by atoms with Crippen molar-refractivity contribution in [3.05, 3.63) is 116 Å². The molecule has 0 spiro atoms. The van der Waals surface area contributed by atoms with Gasteiger partial charge in [0.1, 0.15) is 0 Å². The van der Waals surface area contributed by atoms with Crippen molar-refractivity contribution in [2.24, 2.45) is 0 Å². The maximum atomic E-state index is 12.8. The van der Waals surface area contributed by atoms with Crippen LogP contribution in [0.2, 0.25) is 0 Å². The number of nitro groups is 2. The van der Waals surface area contributed by atoms with Crippen molar-refractivity contribution >= 4 is 0 Å². The molecule has 0 aromatic heterocycles. The van der Waals surface area contributed by atoms with Crippen LogP contribution in [0, 0.1) is 20.2 Å². The molecule has 0 saturated heterocycles. The minimum atomic E-state index is -2.51. The first-order chi connectivity index (χ1) is 17.9. The van der Waals surface area contributed by atoms with E-state index in [0.717, 1.165) is 12.2 Å². The van der Waals surface area contributed by atoms with Crippen molar-refractivity contribution in [2.75, 3.05) is 13.6 Å². The number of allylic oxidation sites excluding steroid dienone is 6. The normalized spacial score (nSPS) is 17.6. The first kappa shape index (κ1) is 25.5. The molecule has 11 nitrogen and oxygen atoms in total. The van der Waals surface area contributed by atoms with E-state index in [4.69, 9.17) is 23.7 Å². The summed E-state index contributed by atoms with van der Waals surface area (Å²) < 4.78 is 27.6. The highest BCUT2D eigenvalue weighted by molar-refractivity contribution is 5.48. The summed E-state index contributed by atoms with van der Waals surface area (Å²) in [6.07, 6.45) is 11.5. The minimum absolute atomic E-state index is 0.00564. The van der Waals surface area contributed by atoms with Crippen LogP contribution in [0.3, 0.4) is 0 Å². The number of hydrogen-bond donors (Lipinski definition) is 0. The summed E-state index contributed by atoms with van der Waals surface area (Å²) in [4.78, 5) is 24.1. The predicted molar refractivity (Wildman–Crippen MR) is 131 cm³/mol. The molecule has 2 atom stereocenters. The average Bonchev–Trinajstić information content (AvgIpc) is 3.55. The van der Waals surface area contributed by atoms with Gasteiger partial charge in [-0.05, 0) is 50.2 Å². The van der Waals surface area contributed by atoms with Gasteiger partial charge in [-0.1, -0.05) is 36.5 Å². The van der Waals surface area contributed by atoms with Gasteiger partial charge >= 0.3 is 11.4 Å². The molecule has 0 N–H and O–H groups in total. The number of hydrogen-bond acceptors (Lipinski definition) is 9. The summed E-state index contributed by atoms with van der Waals surface area (Å²) in [6, 6.07) is 8.57. The molecular formula is C26H24N2O9. The van der Waals surface area contributed by atoms with Gasteiger partial charge < -0.3 is 18.9 Å². The lowest BCUT2D eigenvalue weighted by atomic mass is 9.97. The summed E-state index contributed by atoms with van der Waals surface area (Å²) in [6.45, 7) is 3.35. The van der Waals surface area contributed by atoms with Gasteiger partial charge in [0, 0.05) is 12.2 Å². The van der Waals surface area contributed by atoms with E-state index in [9.17, 15) is 20.2 Å². The first-order valence-corrected chi connectivity index (χ1v) is 11.3. The molecule has 2 aromatic carbocycles. The lowest BCUT2D eigenvalue weighted by Gasteiger charge is -2.30. The van der Waals surface area contributed by atoms with E-state index in [0.29, 0.717) is 11.5 Å². The van der Waals surface area contributed by atoms with E-state index in [-0.39, 0.29) is 36.2 Å². The van der Waals surface area contributed by atoms with Gasteiger partial charge in [0.15, 0.2) is 23.0 Å². The van der Waals surface area contributed by atoms with Gasteiger partial charge in [0.05, 0.1) is 21.0 Å². The van der Waals surface area contributed by atoms with Crippen molar-refractivity contribution in [1.29, 1.82) is 0 Å². The lowest BCUT2D eigenvalue weighted by molar-refractivity contribution is -0.707. The lowest BCUT2D eigenvalue weighted by Crippen LogP contribution is -2.48. The van der Waals surface area contributed by atoms with Crippen LogP contribution in [0.1, 0.15) is 25.0 Å². The van der Waals surface area contributed by atoms with Crippen molar-refractivity contribution in [1.82, 2.24) is 0 Å². The van der Waals surface area contributed by atoms with Crippen molar-refractivity contribution < 1.29 is 33.5 Å². The van der Waals surface area contributed by atoms with Gasteiger partial charge in [-0.15, -0.1) is 0 Å². The third-order valence-corrected chi connectivity index (χ3v) is 5.68. The number of nitrogens with zero attached hydrogens (tertiary/aromatic N) is 2. The standard InChI is InChI=1S/C26H24N2O9/c1-3-5-7-13-25(27(29)30,19-9-11-21-23(15-19)35-17-33-21)37-26(28(31)32,14-8-6-4-2)20-10-12-22-24(16-20)36-18-34-22/h3-16H,17-18H2,1-2H3. The Labute approximate surface area is 212 Å². The highest BCUT2D eigenvalue weighted by Crippen LogP contribution is 2.45. The molecule has 0 amide bonds. The van der Waals surface area contributed by atoms with Crippen LogP contribution in [0.4, 0.5) is 0 Å². The molecule has 2 heterocycles. The number of ether oxygens (including phenoxy) is 5. The number of benzene rings is 2. The van der Waals surface area contributed by atoms with Crippen LogP contribution in [0.15, 0.2) is 85.0 Å². The van der Waals surface area contributed by atoms with Gasteiger partial charge in [-0.2, -0.15) is 0 Å². The first-order valence-electron chi connectivity index (χ1n) is 11.3. The molecule has 0 bridgehead atoms. The maximum Gasteiger partial charge on any atom is 0.377 e. The average molecular weight is 508 g/mol. The summed E-state index contributed by atoms with van der Waals surface area (Å²) >= 11 is 0. The molecular weight excluding hydrogens is 484 g/mol. The predicted octanol–water partition coefficient (Wildman–Crippen LogP) is 4.98. The molecule has 0 aliphatic carbocycles. The Morgan fingerprint density at radius 1 is 0.703 bits per heavy atom. The fraction of sp³-hybridized carbons (Fsp3) is 0.231. The third kappa shape index (κ3) is 4.76. The second kappa shape index (κ2) is 10.5. The second-order valence-electron chi connectivity index (χ2n) is 7.92. The highest BCUT2D eigenvalue weighted by atomic mass is 16.7. The van der Waals surface area contributed by atoms with Crippen molar-refractivity contribution in [3.8, 4) is 23.0 Å². The minimum Gasteiger partial charge on any atom is -0.454 e. The molecule has 0 radical (unpaired) electrons. The van der Waals surface area contributed by atoms with Crippen molar-refractivity contribution in [2.45, 2.75) is 25.3 Å². The molecule has 192 valence electrons. The molecule has 37 heavy (non-hydrogen) atoms. The summed E-state index contributed by atoms with van der Waals surface area (Å²) in [5.41, 5.74) is -5.03. The van der Waals surface area contributed by atoms with Crippen molar-refractivity contribution in [3.63, 3.8) is 0 Å². The monoisotopic (exact) mass is 508 g/mol. The van der Waals surface area contributed by atoms with E-state index in [1.807, 2.05) is 0 Å². The van der Waals surface area contributed by atoms with E-state index >= 15 is 0 Å². The zero-order valence-electron chi connectivity index (χ0n) is 20.1. The topological polar surface area (TPSA) is 132 Å².